The van der Waals surface area contributed by atoms with E-state index < -0.39 is 0 Å². The summed E-state index contributed by atoms with van der Waals surface area (Å²) in [7, 11) is 0. The molecule has 1 aromatic carbocycles. The van der Waals surface area contributed by atoms with Gasteiger partial charge >= 0.3 is 0 Å². The van der Waals surface area contributed by atoms with Crippen LogP contribution >= 0.6 is 0 Å². The van der Waals surface area contributed by atoms with Gasteiger partial charge in [-0.2, -0.15) is 0 Å². The Morgan fingerprint density at radius 2 is 2.00 bits per heavy atom. The van der Waals surface area contributed by atoms with E-state index in [1.54, 1.807) is 6.07 Å². The summed E-state index contributed by atoms with van der Waals surface area (Å²) >= 11 is 0. The van der Waals surface area contributed by atoms with E-state index in [0.717, 1.165) is 29.5 Å². The first-order valence-corrected chi connectivity index (χ1v) is 6.52. The molecule has 18 heavy (non-hydrogen) atoms. The molecular weight excluding hydrogens is 227 g/mol. The maximum Gasteiger partial charge on any atom is 0.149 e. The fourth-order valence-electron chi connectivity index (χ4n) is 2.96. The zero-order valence-corrected chi connectivity index (χ0v) is 10.5. The van der Waals surface area contributed by atoms with Crippen LogP contribution in [0.4, 0.5) is 10.1 Å². The number of pyridine rings is 1. The molecule has 3 heteroatoms. The molecule has 0 aliphatic heterocycles. The number of halogens is 1. The lowest BCUT2D eigenvalue weighted by molar-refractivity contribution is 0.633. The highest BCUT2D eigenvalue weighted by Crippen LogP contribution is 2.36. The van der Waals surface area contributed by atoms with Gasteiger partial charge in [0.1, 0.15) is 11.3 Å². The van der Waals surface area contributed by atoms with E-state index in [-0.39, 0.29) is 5.82 Å². The van der Waals surface area contributed by atoms with Gasteiger partial charge in [-0.1, -0.05) is 18.9 Å². The van der Waals surface area contributed by atoms with E-state index in [1.165, 1.54) is 18.9 Å². The Bertz CT molecular complexity index is 601. The van der Waals surface area contributed by atoms with Crippen molar-refractivity contribution < 1.29 is 4.39 Å². The largest absolute Gasteiger partial charge is 0.398 e. The fourth-order valence-corrected chi connectivity index (χ4v) is 2.96. The highest BCUT2D eigenvalue weighted by atomic mass is 19.1. The van der Waals surface area contributed by atoms with Crippen LogP contribution in [0.5, 0.6) is 0 Å². The molecule has 1 fully saturated rings. The van der Waals surface area contributed by atoms with Gasteiger partial charge in [0, 0.05) is 22.7 Å². The van der Waals surface area contributed by atoms with Crippen molar-refractivity contribution in [2.75, 3.05) is 5.73 Å². The summed E-state index contributed by atoms with van der Waals surface area (Å²) in [4.78, 5) is 4.52. The number of nitrogens with two attached hydrogens (primary N) is 1. The predicted octanol–water partition coefficient (Wildman–Crippen LogP) is 3.92. The van der Waals surface area contributed by atoms with Gasteiger partial charge in [0.25, 0.3) is 0 Å². The van der Waals surface area contributed by atoms with Crippen LogP contribution < -0.4 is 5.73 Å². The standard InChI is InChI=1S/C15H17FN2/c1-9-6-7-11(16)15-14(9)12(17)8-13(18-15)10-4-2-3-5-10/h6-8,10H,2-5H2,1H3,(H2,17,18). The van der Waals surface area contributed by atoms with Crippen LogP contribution in [0.2, 0.25) is 0 Å². The van der Waals surface area contributed by atoms with Gasteiger partial charge in [-0.05, 0) is 37.5 Å². The van der Waals surface area contributed by atoms with E-state index in [4.69, 9.17) is 5.73 Å². The molecule has 0 unspecified atom stereocenters. The second kappa shape index (κ2) is 4.23. The number of aromatic nitrogens is 1. The van der Waals surface area contributed by atoms with Gasteiger partial charge < -0.3 is 5.73 Å². The first-order chi connectivity index (χ1) is 8.66. The normalized spacial score (nSPS) is 16.6. The molecule has 1 aliphatic rings. The lowest BCUT2D eigenvalue weighted by Crippen LogP contribution is -2.02. The Hall–Kier alpha value is -1.64. The third-order valence-corrected chi connectivity index (χ3v) is 3.94. The maximum atomic E-state index is 13.9. The first-order valence-electron chi connectivity index (χ1n) is 6.52. The van der Waals surface area contributed by atoms with Crippen molar-refractivity contribution in [1.29, 1.82) is 0 Å². The number of hydrogen-bond acceptors (Lipinski definition) is 2. The van der Waals surface area contributed by atoms with Crippen molar-refractivity contribution in [3.8, 4) is 0 Å². The second-order valence-electron chi connectivity index (χ2n) is 5.21. The average molecular weight is 244 g/mol. The summed E-state index contributed by atoms with van der Waals surface area (Å²) in [6, 6.07) is 5.16. The van der Waals surface area contributed by atoms with Crippen molar-refractivity contribution in [1.82, 2.24) is 4.98 Å². The molecule has 0 saturated heterocycles. The third kappa shape index (κ3) is 1.74. The number of benzene rings is 1. The van der Waals surface area contributed by atoms with Crippen LogP contribution in [0.25, 0.3) is 10.9 Å². The molecule has 3 rings (SSSR count). The minimum absolute atomic E-state index is 0.276. The number of hydrogen-bond donors (Lipinski definition) is 1. The van der Waals surface area contributed by atoms with Crippen molar-refractivity contribution in [2.24, 2.45) is 0 Å². The molecule has 1 saturated carbocycles. The average Bonchev–Trinajstić information content (AvgIpc) is 2.87. The summed E-state index contributed by atoms with van der Waals surface area (Å²) in [5.41, 5.74) is 9.11. The van der Waals surface area contributed by atoms with Crippen molar-refractivity contribution in [2.45, 2.75) is 38.5 Å². The summed E-state index contributed by atoms with van der Waals surface area (Å²) < 4.78 is 13.9. The Morgan fingerprint density at radius 3 is 2.72 bits per heavy atom. The number of fused-ring (bicyclic) bond motifs is 1. The van der Waals surface area contributed by atoms with Crippen LogP contribution in [0, 0.1) is 12.7 Å². The Kier molecular flexibility index (Phi) is 2.69. The van der Waals surface area contributed by atoms with E-state index in [1.807, 2.05) is 13.0 Å². The van der Waals surface area contributed by atoms with Gasteiger partial charge in [-0.3, -0.25) is 0 Å². The Labute approximate surface area is 106 Å². The zero-order chi connectivity index (χ0) is 12.7. The second-order valence-corrected chi connectivity index (χ2v) is 5.21. The smallest absolute Gasteiger partial charge is 0.149 e. The summed E-state index contributed by atoms with van der Waals surface area (Å²) in [5, 5.41) is 0.761. The molecule has 1 aliphatic carbocycles. The minimum Gasteiger partial charge on any atom is -0.398 e. The molecule has 0 atom stereocenters. The van der Waals surface area contributed by atoms with Gasteiger partial charge in [0.15, 0.2) is 0 Å². The number of nitrogen functional groups attached to an aromatic ring is 1. The maximum absolute atomic E-state index is 13.9. The number of nitrogens with zero attached hydrogens (tertiary/aromatic N) is 1. The summed E-state index contributed by atoms with van der Waals surface area (Å²) in [6.07, 6.45) is 4.76. The van der Waals surface area contributed by atoms with Gasteiger partial charge in [0.05, 0.1) is 0 Å². The van der Waals surface area contributed by atoms with Crippen molar-refractivity contribution in [3.05, 3.63) is 35.3 Å². The molecule has 1 heterocycles. The Morgan fingerprint density at radius 1 is 1.28 bits per heavy atom. The van der Waals surface area contributed by atoms with Crippen LogP contribution in [0.1, 0.15) is 42.9 Å². The summed E-state index contributed by atoms with van der Waals surface area (Å²) in [6.45, 7) is 1.94. The van der Waals surface area contributed by atoms with Crippen molar-refractivity contribution >= 4 is 16.6 Å². The molecule has 94 valence electrons. The van der Waals surface area contributed by atoms with Gasteiger partial charge in [-0.15, -0.1) is 0 Å². The van der Waals surface area contributed by atoms with Gasteiger partial charge in [-0.25, -0.2) is 9.37 Å². The van der Waals surface area contributed by atoms with Crippen LogP contribution in [0.3, 0.4) is 0 Å². The minimum atomic E-state index is -0.276. The van der Waals surface area contributed by atoms with Gasteiger partial charge in [0.2, 0.25) is 0 Å². The number of rotatable bonds is 1. The molecule has 1 aromatic heterocycles. The fraction of sp³-hybridized carbons (Fsp3) is 0.400. The molecule has 0 radical (unpaired) electrons. The van der Waals surface area contributed by atoms with Crippen molar-refractivity contribution in [3.63, 3.8) is 0 Å². The lowest BCUT2D eigenvalue weighted by Gasteiger charge is -2.13. The highest BCUT2D eigenvalue weighted by Gasteiger charge is 2.20. The highest BCUT2D eigenvalue weighted by molar-refractivity contribution is 5.93. The molecular formula is C15H17FN2. The first kappa shape index (κ1) is 11.5. The molecule has 0 spiro atoms. The van der Waals surface area contributed by atoms with Crippen LogP contribution in [-0.2, 0) is 0 Å². The quantitative estimate of drug-likeness (QED) is 0.825. The molecule has 2 N–H and O–H groups in total. The predicted molar refractivity (Wildman–Crippen MR) is 72.1 cm³/mol. The number of anilines is 1. The molecule has 2 aromatic rings. The topological polar surface area (TPSA) is 38.9 Å². The SMILES string of the molecule is Cc1ccc(F)c2nc(C3CCCC3)cc(N)c12. The van der Waals surface area contributed by atoms with Crippen LogP contribution in [-0.4, -0.2) is 4.98 Å². The molecule has 2 nitrogen and oxygen atoms in total. The van der Waals surface area contributed by atoms with Crippen LogP contribution in [0.15, 0.2) is 18.2 Å². The van der Waals surface area contributed by atoms with E-state index in [2.05, 4.69) is 4.98 Å². The Balaban J connectivity index is 2.23. The van der Waals surface area contributed by atoms with E-state index >= 15 is 0 Å². The lowest BCUT2D eigenvalue weighted by atomic mass is 10.00. The summed E-state index contributed by atoms with van der Waals surface area (Å²) in [5.74, 6) is 0.179. The zero-order valence-electron chi connectivity index (χ0n) is 10.5. The van der Waals surface area contributed by atoms with E-state index in [0.29, 0.717) is 17.1 Å². The number of aryl methyl sites for hydroxylation is 1. The third-order valence-electron chi connectivity index (χ3n) is 3.94. The van der Waals surface area contributed by atoms with E-state index in [9.17, 15) is 4.39 Å². The molecule has 0 amide bonds. The molecule has 0 bridgehead atoms. The monoisotopic (exact) mass is 244 g/mol.